The van der Waals surface area contributed by atoms with Gasteiger partial charge in [-0.25, -0.2) is 4.21 Å². The van der Waals surface area contributed by atoms with Crippen LogP contribution in [0.15, 0.2) is 0 Å². The van der Waals surface area contributed by atoms with E-state index in [9.17, 15) is 9.00 Å². The molecule has 0 bridgehead atoms. The average molecular weight is 275 g/mol. The van der Waals surface area contributed by atoms with Crippen molar-refractivity contribution in [1.29, 1.82) is 0 Å². The molecule has 0 aliphatic heterocycles. The average Bonchev–Trinajstić information content (AvgIpc) is 2.08. The third kappa shape index (κ3) is 6.53. The van der Waals surface area contributed by atoms with Crippen molar-refractivity contribution in [3.05, 3.63) is 0 Å². The smallest absolute Gasteiger partial charge is 0.235 e. The molecule has 0 aliphatic rings. The van der Waals surface area contributed by atoms with Crippen LogP contribution in [-0.2, 0) is 15.8 Å². The van der Waals surface area contributed by atoms with Gasteiger partial charge in [-0.1, -0.05) is 48.5 Å². The van der Waals surface area contributed by atoms with Gasteiger partial charge in [0.05, 0.1) is 0 Å². The van der Waals surface area contributed by atoms with E-state index in [2.05, 4.69) is 53.2 Å². The number of carbonyl (C=O) groups is 1. The molecule has 0 fully saturated rings. The fourth-order valence-electron chi connectivity index (χ4n) is 1.98. The molecular weight excluding hydrogens is 246 g/mol. The zero-order valence-corrected chi connectivity index (χ0v) is 13.9. The zero-order valence-electron chi connectivity index (χ0n) is 13.1. The first-order valence-corrected chi connectivity index (χ1v) is 8.04. The van der Waals surface area contributed by atoms with E-state index in [4.69, 9.17) is 0 Å². The van der Waals surface area contributed by atoms with Crippen molar-refractivity contribution < 1.29 is 9.00 Å². The Hall–Kier alpha value is -0.380. The summed E-state index contributed by atoms with van der Waals surface area (Å²) in [5, 5.41) is 0. The van der Waals surface area contributed by atoms with Crippen LogP contribution in [0.25, 0.3) is 0 Å². The second-order valence-corrected chi connectivity index (χ2v) is 8.56. The summed E-state index contributed by atoms with van der Waals surface area (Å²) in [7, 11) is -1.29. The molecule has 0 spiro atoms. The Labute approximate surface area is 115 Å². The molecule has 0 saturated heterocycles. The van der Waals surface area contributed by atoms with Crippen LogP contribution in [0.3, 0.4) is 0 Å². The second kappa shape index (κ2) is 6.18. The normalized spacial score (nSPS) is 18.0. The highest BCUT2D eigenvalue weighted by Crippen LogP contribution is 2.38. The van der Waals surface area contributed by atoms with Crippen molar-refractivity contribution in [2.45, 2.75) is 54.9 Å². The molecule has 0 aromatic rings. The SMILES string of the molecule is CC(C(CC(C)(C)C)C(=O)NS(C)=O)C(C)(C)C. The molecule has 0 saturated carbocycles. The van der Waals surface area contributed by atoms with Crippen LogP contribution in [0, 0.1) is 22.7 Å². The molecule has 1 N–H and O–H groups in total. The fourth-order valence-corrected chi connectivity index (χ4v) is 2.41. The summed E-state index contributed by atoms with van der Waals surface area (Å²) < 4.78 is 13.7. The van der Waals surface area contributed by atoms with Crippen molar-refractivity contribution in [3.63, 3.8) is 0 Å². The van der Waals surface area contributed by atoms with E-state index >= 15 is 0 Å². The Bertz CT molecular complexity index is 313. The number of rotatable bonds is 4. The summed E-state index contributed by atoms with van der Waals surface area (Å²) in [5.41, 5.74) is 0.138. The highest BCUT2D eigenvalue weighted by Gasteiger charge is 2.35. The van der Waals surface area contributed by atoms with Crippen molar-refractivity contribution >= 4 is 16.9 Å². The molecule has 1 amide bonds. The van der Waals surface area contributed by atoms with Gasteiger partial charge in [0.15, 0.2) is 0 Å². The summed E-state index contributed by atoms with van der Waals surface area (Å²) in [6.07, 6.45) is 2.29. The van der Waals surface area contributed by atoms with E-state index in [1.807, 2.05) is 0 Å². The Morgan fingerprint density at radius 2 is 1.61 bits per heavy atom. The lowest BCUT2D eigenvalue weighted by molar-refractivity contribution is -0.127. The summed E-state index contributed by atoms with van der Waals surface area (Å²) in [4.78, 5) is 12.2. The zero-order chi connectivity index (χ0) is 14.7. The number of carbonyl (C=O) groups excluding carboxylic acids is 1. The maximum absolute atomic E-state index is 12.2. The number of nitrogens with one attached hydrogen (secondary N) is 1. The van der Waals surface area contributed by atoms with E-state index in [0.29, 0.717) is 0 Å². The van der Waals surface area contributed by atoms with Crippen LogP contribution in [0.1, 0.15) is 54.9 Å². The molecule has 0 aromatic heterocycles. The Kier molecular flexibility index (Phi) is 6.05. The number of hydrogen-bond acceptors (Lipinski definition) is 2. The number of amides is 1. The molecule has 0 radical (unpaired) electrons. The highest BCUT2D eigenvalue weighted by atomic mass is 32.2. The van der Waals surface area contributed by atoms with E-state index in [0.717, 1.165) is 6.42 Å². The predicted octanol–water partition coefficient (Wildman–Crippen LogP) is 3.13. The van der Waals surface area contributed by atoms with Gasteiger partial charge in [-0.05, 0) is 23.2 Å². The Morgan fingerprint density at radius 1 is 1.17 bits per heavy atom. The van der Waals surface area contributed by atoms with Crippen LogP contribution in [0.2, 0.25) is 0 Å². The van der Waals surface area contributed by atoms with Crippen LogP contribution in [-0.4, -0.2) is 16.4 Å². The van der Waals surface area contributed by atoms with Gasteiger partial charge in [-0.3, -0.25) is 9.52 Å². The van der Waals surface area contributed by atoms with Crippen LogP contribution in [0.5, 0.6) is 0 Å². The molecule has 0 heterocycles. The topological polar surface area (TPSA) is 46.2 Å². The minimum absolute atomic E-state index is 0.0580. The minimum Gasteiger partial charge on any atom is -0.275 e. The Morgan fingerprint density at radius 3 is 1.89 bits per heavy atom. The molecule has 18 heavy (non-hydrogen) atoms. The van der Waals surface area contributed by atoms with Crippen LogP contribution >= 0.6 is 0 Å². The van der Waals surface area contributed by atoms with Gasteiger partial charge in [0.2, 0.25) is 5.91 Å². The summed E-state index contributed by atoms with van der Waals surface area (Å²) >= 11 is 0. The Balaban J connectivity index is 5.06. The summed E-state index contributed by atoms with van der Waals surface area (Å²) in [5.74, 6) is 0.0439. The van der Waals surface area contributed by atoms with Crippen molar-refractivity contribution in [1.82, 2.24) is 4.72 Å². The van der Waals surface area contributed by atoms with Crippen molar-refractivity contribution in [3.8, 4) is 0 Å². The van der Waals surface area contributed by atoms with Crippen molar-refractivity contribution in [2.75, 3.05) is 6.26 Å². The first-order valence-electron chi connectivity index (χ1n) is 6.48. The summed E-state index contributed by atoms with van der Waals surface area (Å²) in [6, 6.07) is 0. The quantitative estimate of drug-likeness (QED) is 0.857. The van der Waals surface area contributed by atoms with Gasteiger partial charge in [0.25, 0.3) is 0 Å². The van der Waals surface area contributed by atoms with Gasteiger partial charge in [-0.2, -0.15) is 0 Å². The maximum Gasteiger partial charge on any atom is 0.235 e. The summed E-state index contributed by atoms with van der Waals surface area (Å²) in [6.45, 7) is 14.9. The van der Waals surface area contributed by atoms with Crippen LogP contribution in [0.4, 0.5) is 0 Å². The first kappa shape index (κ1) is 17.6. The maximum atomic E-state index is 12.2. The van der Waals surface area contributed by atoms with Crippen molar-refractivity contribution in [2.24, 2.45) is 22.7 Å². The third-order valence-electron chi connectivity index (χ3n) is 3.38. The molecule has 0 rings (SSSR count). The number of hydrogen-bond donors (Lipinski definition) is 1. The minimum atomic E-state index is -1.29. The first-order chi connectivity index (χ1) is 7.84. The van der Waals surface area contributed by atoms with Gasteiger partial charge in [0.1, 0.15) is 11.0 Å². The van der Waals surface area contributed by atoms with Gasteiger partial charge in [-0.15, -0.1) is 0 Å². The molecule has 3 atom stereocenters. The molecule has 0 aliphatic carbocycles. The third-order valence-corrected chi connectivity index (χ3v) is 3.87. The van der Waals surface area contributed by atoms with Crippen LogP contribution < -0.4 is 4.72 Å². The molecule has 4 heteroatoms. The fraction of sp³-hybridized carbons (Fsp3) is 0.929. The predicted molar refractivity (Wildman–Crippen MR) is 78.4 cm³/mol. The van der Waals surface area contributed by atoms with E-state index in [1.165, 1.54) is 6.26 Å². The van der Waals surface area contributed by atoms with Gasteiger partial charge < -0.3 is 0 Å². The van der Waals surface area contributed by atoms with E-state index in [-0.39, 0.29) is 28.6 Å². The molecular formula is C14H29NO2S. The van der Waals surface area contributed by atoms with E-state index in [1.54, 1.807) is 0 Å². The van der Waals surface area contributed by atoms with Gasteiger partial charge >= 0.3 is 0 Å². The molecule has 3 nitrogen and oxygen atoms in total. The largest absolute Gasteiger partial charge is 0.275 e. The van der Waals surface area contributed by atoms with Gasteiger partial charge in [0, 0.05) is 12.2 Å². The van der Waals surface area contributed by atoms with E-state index < -0.39 is 11.0 Å². The molecule has 3 unspecified atom stereocenters. The molecule has 0 aromatic carbocycles. The lowest BCUT2D eigenvalue weighted by Gasteiger charge is -2.36. The lowest BCUT2D eigenvalue weighted by Crippen LogP contribution is -2.40. The molecule has 108 valence electrons. The highest BCUT2D eigenvalue weighted by molar-refractivity contribution is 7.82. The lowest BCUT2D eigenvalue weighted by atomic mass is 9.69. The standard InChI is InChI=1S/C14H29NO2S/c1-10(14(5,6)7)11(9-13(2,3)4)12(16)15-18(8)17/h10-11H,9H2,1-8H3,(H,15,16). The second-order valence-electron chi connectivity index (χ2n) is 7.45. The monoisotopic (exact) mass is 275 g/mol.